The number of fused-ring (bicyclic) bond motifs is 1. The van der Waals surface area contributed by atoms with Crippen LogP contribution in [0.1, 0.15) is 36.4 Å². The topological polar surface area (TPSA) is 32.3 Å². The van der Waals surface area contributed by atoms with Crippen molar-refractivity contribution in [3.8, 4) is 0 Å². The van der Waals surface area contributed by atoms with Crippen LogP contribution in [0, 0.1) is 11.8 Å². The number of hydrogen-bond acceptors (Lipinski definition) is 3. The van der Waals surface area contributed by atoms with E-state index in [0.717, 1.165) is 12.3 Å². The van der Waals surface area contributed by atoms with Crippen LogP contribution in [0.25, 0.3) is 0 Å². The van der Waals surface area contributed by atoms with E-state index in [9.17, 15) is 5.11 Å². The van der Waals surface area contributed by atoms with E-state index < -0.39 is 0 Å². The minimum Gasteiger partial charge on any atom is -0.396 e. The average molecular weight is 277 g/mol. The number of nitrogens with one attached hydrogen (secondary N) is 1. The van der Waals surface area contributed by atoms with E-state index in [0.29, 0.717) is 24.5 Å². The Bertz CT molecular complexity index is 423. The van der Waals surface area contributed by atoms with Gasteiger partial charge in [-0.15, -0.1) is 0 Å². The molecular formula is C16H23NOS. The molecule has 0 spiro atoms. The number of benzene rings is 1. The SMILES string of the molecule is OCC1CCCC1CNC1CSCc2ccccc21. The van der Waals surface area contributed by atoms with E-state index in [1.807, 2.05) is 11.8 Å². The van der Waals surface area contributed by atoms with Crippen LogP contribution < -0.4 is 5.32 Å². The van der Waals surface area contributed by atoms with Gasteiger partial charge in [-0.1, -0.05) is 30.7 Å². The van der Waals surface area contributed by atoms with Crippen LogP contribution in [0.5, 0.6) is 0 Å². The lowest BCUT2D eigenvalue weighted by Gasteiger charge is -2.28. The van der Waals surface area contributed by atoms with E-state index in [4.69, 9.17) is 0 Å². The number of rotatable bonds is 4. The molecule has 1 heterocycles. The Hall–Kier alpha value is -0.510. The molecule has 0 radical (unpaired) electrons. The fraction of sp³-hybridized carbons (Fsp3) is 0.625. The minimum absolute atomic E-state index is 0.363. The molecule has 2 nitrogen and oxygen atoms in total. The van der Waals surface area contributed by atoms with Crippen molar-refractivity contribution in [2.75, 3.05) is 18.9 Å². The number of thioether (sulfide) groups is 1. The van der Waals surface area contributed by atoms with Gasteiger partial charge in [-0.25, -0.2) is 0 Å². The van der Waals surface area contributed by atoms with E-state index in [1.54, 1.807) is 0 Å². The molecule has 0 aromatic heterocycles. The van der Waals surface area contributed by atoms with Crippen molar-refractivity contribution in [2.24, 2.45) is 11.8 Å². The van der Waals surface area contributed by atoms with Crippen LogP contribution in [0.4, 0.5) is 0 Å². The summed E-state index contributed by atoms with van der Waals surface area (Å²) in [4.78, 5) is 0. The predicted octanol–water partition coefficient (Wildman–Crippen LogP) is 2.97. The quantitative estimate of drug-likeness (QED) is 0.887. The van der Waals surface area contributed by atoms with Gasteiger partial charge in [0.2, 0.25) is 0 Å². The molecule has 0 amide bonds. The van der Waals surface area contributed by atoms with Gasteiger partial charge >= 0.3 is 0 Å². The van der Waals surface area contributed by atoms with Crippen LogP contribution in [-0.2, 0) is 5.75 Å². The van der Waals surface area contributed by atoms with Crippen LogP contribution in [-0.4, -0.2) is 24.0 Å². The fourth-order valence-corrected chi connectivity index (χ4v) is 4.60. The molecule has 1 aromatic rings. The first kappa shape index (κ1) is 13.5. The predicted molar refractivity (Wildman–Crippen MR) is 81.3 cm³/mol. The van der Waals surface area contributed by atoms with Gasteiger partial charge < -0.3 is 10.4 Å². The zero-order valence-electron chi connectivity index (χ0n) is 11.3. The third-order valence-electron chi connectivity index (χ3n) is 4.65. The molecule has 0 bridgehead atoms. The van der Waals surface area contributed by atoms with Crippen molar-refractivity contribution in [2.45, 2.75) is 31.1 Å². The molecule has 1 aliphatic carbocycles. The smallest absolute Gasteiger partial charge is 0.0462 e. The van der Waals surface area contributed by atoms with Gasteiger partial charge in [0.25, 0.3) is 0 Å². The number of hydrogen-bond donors (Lipinski definition) is 2. The van der Waals surface area contributed by atoms with Crippen LogP contribution in [0.15, 0.2) is 24.3 Å². The summed E-state index contributed by atoms with van der Waals surface area (Å²) in [6.45, 7) is 1.42. The lowest BCUT2D eigenvalue weighted by molar-refractivity contribution is 0.190. The average Bonchev–Trinajstić information content (AvgIpc) is 2.92. The summed E-state index contributed by atoms with van der Waals surface area (Å²) < 4.78 is 0. The van der Waals surface area contributed by atoms with E-state index in [1.165, 1.54) is 36.1 Å². The molecular weight excluding hydrogens is 254 g/mol. The van der Waals surface area contributed by atoms with Crippen LogP contribution in [0.3, 0.4) is 0 Å². The van der Waals surface area contributed by atoms with Gasteiger partial charge in [-0.3, -0.25) is 0 Å². The summed E-state index contributed by atoms with van der Waals surface area (Å²) in [5.74, 6) is 3.52. The summed E-state index contributed by atoms with van der Waals surface area (Å²) in [6.07, 6.45) is 3.77. The monoisotopic (exact) mass is 277 g/mol. The maximum atomic E-state index is 9.40. The Balaban J connectivity index is 1.62. The molecule has 1 saturated carbocycles. The minimum atomic E-state index is 0.363. The molecule has 2 N–H and O–H groups in total. The second-order valence-electron chi connectivity index (χ2n) is 5.81. The lowest BCUT2D eigenvalue weighted by Crippen LogP contribution is -2.32. The first-order chi connectivity index (χ1) is 9.38. The highest BCUT2D eigenvalue weighted by Gasteiger charge is 2.28. The largest absolute Gasteiger partial charge is 0.396 e. The summed E-state index contributed by atoms with van der Waals surface area (Å²) >= 11 is 2.02. The second-order valence-corrected chi connectivity index (χ2v) is 6.84. The van der Waals surface area contributed by atoms with Gasteiger partial charge in [-0.05, 0) is 42.3 Å². The number of aliphatic hydroxyl groups excluding tert-OH is 1. The van der Waals surface area contributed by atoms with Crippen molar-refractivity contribution in [3.63, 3.8) is 0 Å². The van der Waals surface area contributed by atoms with E-state index in [2.05, 4.69) is 29.6 Å². The van der Waals surface area contributed by atoms with Crippen LogP contribution >= 0.6 is 11.8 Å². The van der Waals surface area contributed by atoms with Crippen LogP contribution in [0.2, 0.25) is 0 Å². The third-order valence-corrected chi connectivity index (χ3v) is 5.73. The summed E-state index contributed by atoms with van der Waals surface area (Å²) in [5, 5.41) is 13.2. The molecule has 0 saturated heterocycles. The summed E-state index contributed by atoms with van der Waals surface area (Å²) in [5.41, 5.74) is 2.97. The normalized spacial score (nSPS) is 30.3. The first-order valence-corrected chi connectivity index (χ1v) is 8.53. The highest BCUT2D eigenvalue weighted by atomic mass is 32.2. The van der Waals surface area contributed by atoms with Crippen molar-refractivity contribution in [1.29, 1.82) is 0 Å². The third kappa shape index (κ3) is 2.99. The Morgan fingerprint density at radius 1 is 1.21 bits per heavy atom. The van der Waals surface area contributed by atoms with Gasteiger partial charge in [0.15, 0.2) is 0 Å². The van der Waals surface area contributed by atoms with Crippen molar-refractivity contribution < 1.29 is 5.11 Å². The molecule has 3 heteroatoms. The molecule has 2 aliphatic rings. The summed E-state index contributed by atoms with van der Waals surface area (Å²) in [7, 11) is 0. The Morgan fingerprint density at radius 2 is 2.05 bits per heavy atom. The standard InChI is InChI=1S/C16H23NOS/c18-9-13-6-3-5-12(13)8-17-16-11-19-10-14-4-1-2-7-15(14)16/h1-2,4,7,12-13,16-18H,3,5-6,8-11H2. The molecule has 104 valence electrons. The number of aliphatic hydroxyl groups is 1. The molecule has 19 heavy (non-hydrogen) atoms. The molecule has 1 fully saturated rings. The molecule has 3 rings (SSSR count). The maximum absolute atomic E-state index is 9.40. The Morgan fingerprint density at radius 3 is 2.95 bits per heavy atom. The maximum Gasteiger partial charge on any atom is 0.0462 e. The Labute approximate surface area is 120 Å². The summed E-state index contributed by atoms with van der Waals surface area (Å²) in [6, 6.07) is 9.30. The van der Waals surface area contributed by atoms with Gasteiger partial charge in [0, 0.05) is 24.2 Å². The molecule has 1 aromatic carbocycles. The van der Waals surface area contributed by atoms with Gasteiger partial charge in [0.1, 0.15) is 0 Å². The lowest BCUT2D eigenvalue weighted by atomic mass is 9.95. The van der Waals surface area contributed by atoms with E-state index >= 15 is 0 Å². The molecule has 1 aliphatic heterocycles. The van der Waals surface area contributed by atoms with Crippen molar-refractivity contribution in [1.82, 2.24) is 5.32 Å². The second kappa shape index (κ2) is 6.29. The first-order valence-electron chi connectivity index (χ1n) is 7.38. The fourth-order valence-electron chi connectivity index (χ4n) is 3.47. The molecule has 3 unspecified atom stereocenters. The van der Waals surface area contributed by atoms with Crippen molar-refractivity contribution in [3.05, 3.63) is 35.4 Å². The highest BCUT2D eigenvalue weighted by molar-refractivity contribution is 7.98. The van der Waals surface area contributed by atoms with Gasteiger partial charge in [-0.2, -0.15) is 11.8 Å². The highest BCUT2D eigenvalue weighted by Crippen LogP contribution is 2.34. The zero-order valence-corrected chi connectivity index (χ0v) is 12.2. The Kier molecular flexibility index (Phi) is 4.46. The van der Waals surface area contributed by atoms with Gasteiger partial charge in [0.05, 0.1) is 0 Å². The van der Waals surface area contributed by atoms with Crippen molar-refractivity contribution >= 4 is 11.8 Å². The molecule has 3 atom stereocenters. The zero-order chi connectivity index (χ0) is 13.1. The van der Waals surface area contributed by atoms with E-state index in [-0.39, 0.29) is 0 Å².